The number of phenolic OH excluding ortho intramolecular Hbond substituents is 2. The Morgan fingerprint density at radius 1 is 0.687 bits per heavy atom. The second-order valence-corrected chi connectivity index (χ2v) is 20.7. The van der Waals surface area contributed by atoms with Crippen LogP contribution in [-0.4, -0.2) is 138 Å². The number of hydrogen-bond donors (Lipinski definition) is 8. The van der Waals surface area contributed by atoms with Crippen molar-refractivity contribution in [1.82, 2.24) is 39.9 Å². The number of Topliss-reactive ketones (excluding diaryl/α,β-unsaturated/α-hetero) is 1. The largest absolute Gasteiger partial charge is 0.507 e. The van der Waals surface area contributed by atoms with Crippen molar-refractivity contribution in [2.75, 3.05) is 18.6 Å². The second kappa shape index (κ2) is 19.8. The van der Waals surface area contributed by atoms with E-state index < -0.39 is 108 Å². The summed E-state index contributed by atoms with van der Waals surface area (Å²) < 4.78 is 18.2. The fourth-order valence-electron chi connectivity index (χ4n) is 12.2. The molecule has 83 heavy (non-hydrogen) atoms. The number of fused-ring (bicyclic) bond motifs is 23. The first-order chi connectivity index (χ1) is 39.6. The Balaban J connectivity index is 0.00000645. The van der Waals surface area contributed by atoms with Gasteiger partial charge < -0.3 is 54.8 Å². The number of aromatic hydroxyl groups is 2. The van der Waals surface area contributed by atoms with Crippen LogP contribution in [0.25, 0.3) is 89.7 Å². The number of carbonyl (C=O) groups excluding carboxylic acids is 3. The number of H-pyrrole nitrogens is 2. The van der Waals surface area contributed by atoms with Crippen LogP contribution >= 0.6 is 0 Å². The van der Waals surface area contributed by atoms with Gasteiger partial charge in [0.25, 0.3) is 0 Å². The van der Waals surface area contributed by atoms with E-state index in [0.29, 0.717) is 56.4 Å². The number of carbonyl (C=O) groups is 4. The molecule has 0 radical (unpaired) electrons. The number of amides is 1. The topological polar surface area (TPSA) is 330 Å². The van der Waals surface area contributed by atoms with Crippen molar-refractivity contribution in [2.45, 2.75) is 62.4 Å². The molecule has 14 rings (SSSR count). The van der Waals surface area contributed by atoms with Crippen molar-refractivity contribution in [3.63, 3.8) is 0 Å². The summed E-state index contributed by atoms with van der Waals surface area (Å²) in [4.78, 5) is 94.0. The first-order valence-electron chi connectivity index (χ1n) is 26.1. The molecule has 9 aromatic rings. The molecule has 6 atom stereocenters. The molecule has 1 saturated heterocycles. The number of ether oxygens (including phenoxy) is 3. The maximum atomic E-state index is 14.4. The summed E-state index contributed by atoms with van der Waals surface area (Å²) in [6.07, 6.45) is -9.24. The number of aliphatic hydroxyl groups is 3. The average Bonchev–Trinajstić information content (AvgIpc) is 3.05. The van der Waals surface area contributed by atoms with Crippen LogP contribution in [0, 0.1) is 0 Å². The smallest absolute Gasteiger partial charge is 0.412 e. The van der Waals surface area contributed by atoms with Crippen LogP contribution in [0.4, 0.5) is 10.5 Å². The van der Waals surface area contributed by atoms with Gasteiger partial charge in [-0.3, -0.25) is 19.3 Å². The Hall–Kier alpha value is -9.22. The van der Waals surface area contributed by atoms with Crippen molar-refractivity contribution >= 4 is 73.3 Å². The molecule has 23 heteroatoms. The molecule has 22 nitrogen and oxygen atoms in total. The number of hydrogen-bond acceptors (Lipinski definition) is 18. The minimum Gasteiger partial charge on any atom is -0.507 e. The predicted octanol–water partition coefficient (Wildman–Crippen LogP) is 7.41. The van der Waals surface area contributed by atoms with Gasteiger partial charge in [-0.25, -0.2) is 34.7 Å². The molecule has 4 unspecified atom stereocenters. The summed E-state index contributed by atoms with van der Waals surface area (Å²) in [6.45, 7) is 0.335. The van der Waals surface area contributed by atoms with Gasteiger partial charge in [-0.05, 0) is 19.1 Å². The zero-order valence-electron chi connectivity index (χ0n) is 44.0. The molecule has 0 spiro atoms. The van der Waals surface area contributed by atoms with Gasteiger partial charge in [0.2, 0.25) is 5.78 Å². The van der Waals surface area contributed by atoms with Crippen molar-refractivity contribution in [2.24, 2.45) is 0 Å². The number of phenols is 2. The van der Waals surface area contributed by atoms with E-state index in [-0.39, 0.29) is 75.7 Å². The molecule has 5 aliphatic rings. The minimum absolute atomic E-state index is 0. The minimum atomic E-state index is -2.47. The SMILES string of the molecule is COc1cccc2c1C(=O)c1c(O)c3c(c(O)c1C2=O)C[C@@](O)(C(=O)CO)C[C@@H]3OC1CC(N(C(=O)O)c2cccc3c4nc5nc(nc6[nH]c(nc7nc(nc([nH]4)c23)-c2ccccc2-7)c2ccccc62)-c2ccccc2-5)C(O)C(C)O1.[Zn]. The molecule has 410 valence electrons. The monoisotopic (exact) mass is 1160 g/mol. The van der Waals surface area contributed by atoms with Gasteiger partial charge >= 0.3 is 6.09 Å². The van der Waals surface area contributed by atoms with E-state index in [4.69, 9.17) is 44.1 Å². The first-order valence-corrected chi connectivity index (χ1v) is 26.1. The number of aromatic amines is 2. The van der Waals surface area contributed by atoms with Crippen molar-refractivity contribution in [3.8, 4) is 62.8 Å². The quantitative estimate of drug-likeness (QED) is 0.0569. The number of aliphatic hydroxyl groups excluding tert-OH is 2. The number of rotatable bonds is 7. The first kappa shape index (κ1) is 53.1. The van der Waals surface area contributed by atoms with E-state index in [1.54, 1.807) is 18.2 Å². The number of methoxy groups -OCH3 is 1. The second-order valence-electron chi connectivity index (χ2n) is 20.7. The van der Waals surface area contributed by atoms with Crippen molar-refractivity contribution in [1.29, 1.82) is 0 Å². The van der Waals surface area contributed by atoms with Crippen LogP contribution in [0.5, 0.6) is 17.2 Å². The molecule has 6 heterocycles. The third kappa shape index (κ3) is 8.13. The van der Waals surface area contributed by atoms with Gasteiger partial charge in [0.1, 0.15) is 58.1 Å². The molecular weight excluding hydrogens is 1120 g/mol. The molecule has 8 bridgehead atoms. The van der Waals surface area contributed by atoms with Crippen LogP contribution in [0.2, 0.25) is 0 Å². The van der Waals surface area contributed by atoms with Gasteiger partial charge in [-0.15, -0.1) is 0 Å². The number of aromatic nitrogens is 8. The van der Waals surface area contributed by atoms with Gasteiger partial charge in [0, 0.05) is 93.8 Å². The van der Waals surface area contributed by atoms with Gasteiger partial charge in [0.05, 0.1) is 53.1 Å². The van der Waals surface area contributed by atoms with Crippen LogP contribution in [0.15, 0.2) is 109 Å². The third-order valence-electron chi connectivity index (χ3n) is 16.1. The maximum Gasteiger partial charge on any atom is 0.412 e. The third-order valence-corrected chi connectivity index (χ3v) is 16.1. The number of nitrogens with zero attached hydrogens (tertiary/aromatic N) is 7. The summed E-state index contributed by atoms with van der Waals surface area (Å²) in [7, 11) is 1.30. The van der Waals surface area contributed by atoms with E-state index in [0.717, 1.165) is 15.7 Å². The Morgan fingerprint density at radius 3 is 1.78 bits per heavy atom. The van der Waals surface area contributed by atoms with E-state index in [1.165, 1.54) is 32.2 Å². The summed E-state index contributed by atoms with van der Waals surface area (Å²) in [5, 5.41) is 72.1. The molecular formula is C60H45N9O13Zn. The molecule has 1 fully saturated rings. The molecule has 8 N–H and O–H groups in total. The van der Waals surface area contributed by atoms with E-state index >= 15 is 0 Å². The summed E-state index contributed by atoms with van der Waals surface area (Å²) in [5.41, 5.74) is -0.452. The molecule has 2 aliphatic carbocycles. The van der Waals surface area contributed by atoms with Crippen LogP contribution in [-0.2, 0) is 40.2 Å². The summed E-state index contributed by atoms with van der Waals surface area (Å²) >= 11 is 0. The van der Waals surface area contributed by atoms with E-state index in [2.05, 4.69) is 9.97 Å². The number of benzene rings is 6. The van der Waals surface area contributed by atoms with Gasteiger partial charge in [-0.1, -0.05) is 97.1 Å². The Bertz CT molecular complexity index is 4510. The van der Waals surface area contributed by atoms with Crippen LogP contribution in [0.3, 0.4) is 0 Å². The van der Waals surface area contributed by atoms with E-state index in [9.17, 15) is 49.8 Å². The number of anilines is 1. The fourth-order valence-corrected chi connectivity index (χ4v) is 12.2. The Labute approximate surface area is 480 Å². The van der Waals surface area contributed by atoms with Gasteiger partial charge in [0.15, 0.2) is 41.2 Å². The number of carboxylic acid groups (broad SMARTS) is 1. The zero-order chi connectivity index (χ0) is 56.6. The zero-order valence-corrected chi connectivity index (χ0v) is 47.0. The summed E-state index contributed by atoms with van der Waals surface area (Å²) in [6, 6.07) is 30.4. The van der Waals surface area contributed by atoms with Crippen LogP contribution in [0.1, 0.15) is 68.8 Å². The molecule has 3 aliphatic heterocycles. The molecule has 1 amide bonds. The average molecular weight is 1170 g/mol. The standard InChI is InChI=1S/C60H45N9O13.Zn/c1-25-46(72)36(21-40(81-25)82-38-23-60(79,39(71)24-70)22-34-43(38)50(76)45-44(48(34)74)47(73)32-17-10-20-37(80-2)42(32)49(45)75)69(59(77)78)35-19-9-18-33-41(35)58-67-56-31-16-8-7-15-30(31)54(65-56)63-52-27-12-4-3-11-26(27)51(61-52)62-53-28-13-5-6-14-29(28)55(64-53)66-57(33)68-58;/h3-20,25,36,38,40,46,70,72,74,76,79H,21-24H2,1-2H3,(H,77,78)(H2,61,62,63,64,65,66,67,68);/t25?,36?,38-,40?,46?,60-;/m0./s1. The van der Waals surface area contributed by atoms with Crippen LogP contribution < -0.4 is 9.64 Å². The normalized spacial score (nSPS) is 20.4. The van der Waals surface area contributed by atoms with E-state index in [1.807, 2.05) is 72.8 Å². The predicted molar refractivity (Wildman–Crippen MR) is 294 cm³/mol. The maximum absolute atomic E-state index is 14.4. The van der Waals surface area contributed by atoms with Crippen molar-refractivity contribution < 1.29 is 83.5 Å². The molecule has 3 aromatic heterocycles. The number of ketones is 3. The number of nitrogens with one attached hydrogen (secondary N) is 2. The molecule has 0 saturated carbocycles. The fraction of sp³-hybridized carbons (Fsp3) is 0.200. The Kier molecular flexibility index (Phi) is 12.6. The Morgan fingerprint density at radius 2 is 1.20 bits per heavy atom. The molecule has 6 aromatic carbocycles. The van der Waals surface area contributed by atoms with Gasteiger partial charge in [-0.2, -0.15) is 0 Å². The summed E-state index contributed by atoms with van der Waals surface area (Å²) in [5.74, 6) is -3.16. The van der Waals surface area contributed by atoms with Crippen molar-refractivity contribution in [3.05, 3.63) is 143 Å².